The van der Waals surface area contributed by atoms with Crippen LogP contribution < -0.4 is 15.2 Å². The van der Waals surface area contributed by atoms with E-state index in [0.717, 1.165) is 0 Å². The molecule has 0 saturated heterocycles. The average molecular weight is 248 g/mol. The zero-order chi connectivity index (χ0) is 13.8. The summed E-state index contributed by atoms with van der Waals surface area (Å²) in [5, 5.41) is 8.95. The van der Waals surface area contributed by atoms with E-state index in [2.05, 4.69) is 26.8 Å². The van der Waals surface area contributed by atoms with Crippen LogP contribution in [0.5, 0.6) is 11.5 Å². The molecule has 18 heavy (non-hydrogen) atoms. The summed E-state index contributed by atoms with van der Waals surface area (Å²) < 4.78 is 11.0. The van der Waals surface area contributed by atoms with Crippen LogP contribution in [0.25, 0.3) is 0 Å². The Balaban J connectivity index is 3.00. The number of hydrogen-bond donors (Lipinski definition) is 1. The van der Waals surface area contributed by atoms with Gasteiger partial charge in [0.05, 0.1) is 18.7 Å². The van der Waals surface area contributed by atoms with E-state index in [1.54, 1.807) is 25.3 Å². The molecule has 1 aromatic carbocycles. The van der Waals surface area contributed by atoms with Crippen LogP contribution in [0.2, 0.25) is 0 Å². The van der Waals surface area contributed by atoms with E-state index in [4.69, 9.17) is 20.5 Å². The normalized spacial score (nSPS) is 12.7. The predicted octanol–water partition coefficient (Wildman–Crippen LogP) is 2.32. The molecule has 2 N–H and O–H groups in total. The average Bonchev–Trinajstić information content (AvgIpc) is 2.33. The molecule has 0 aliphatic heterocycles. The van der Waals surface area contributed by atoms with Gasteiger partial charge < -0.3 is 15.2 Å². The maximum atomic E-state index is 8.95. The number of nitriles is 1. The van der Waals surface area contributed by atoms with Gasteiger partial charge in [0.2, 0.25) is 0 Å². The van der Waals surface area contributed by atoms with E-state index in [9.17, 15) is 0 Å². The lowest BCUT2D eigenvalue weighted by atomic mass is 9.89. The Kier molecular flexibility index (Phi) is 4.57. The lowest BCUT2D eigenvalue weighted by Gasteiger charge is -2.30. The van der Waals surface area contributed by atoms with E-state index in [1.165, 1.54) is 0 Å². The van der Waals surface area contributed by atoms with Gasteiger partial charge in [0.1, 0.15) is 17.6 Å². The highest BCUT2D eigenvalue weighted by molar-refractivity contribution is 5.44. The van der Waals surface area contributed by atoms with Gasteiger partial charge in [-0.1, -0.05) is 20.8 Å². The molecule has 0 aliphatic rings. The third-order valence-corrected chi connectivity index (χ3v) is 2.70. The molecular formula is C14H20N2O2. The van der Waals surface area contributed by atoms with Crippen molar-refractivity contribution in [1.82, 2.24) is 0 Å². The van der Waals surface area contributed by atoms with E-state index >= 15 is 0 Å². The molecule has 0 aliphatic carbocycles. The number of methoxy groups -OCH3 is 1. The van der Waals surface area contributed by atoms with Gasteiger partial charge in [-0.3, -0.25) is 0 Å². The summed E-state index contributed by atoms with van der Waals surface area (Å²) in [6, 6.07) is 7.20. The van der Waals surface area contributed by atoms with E-state index in [0.29, 0.717) is 23.6 Å². The van der Waals surface area contributed by atoms with Gasteiger partial charge in [-0.05, 0) is 12.1 Å². The highest BCUT2D eigenvalue weighted by atomic mass is 16.5. The van der Waals surface area contributed by atoms with Gasteiger partial charge in [0, 0.05) is 18.0 Å². The second-order valence-electron chi connectivity index (χ2n) is 5.22. The first-order chi connectivity index (χ1) is 8.40. The molecule has 1 unspecified atom stereocenters. The summed E-state index contributed by atoms with van der Waals surface area (Å²) in [6.45, 7) is 6.62. The fourth-order valence-corrected chi connectivity index (χ4v) is 1.56. The van der Waals surface area contributed by atoms with Crippen molar-refractivity contribution in [2.45, 2.75) is 26.9 Å². The van der Waals surface area contributed by atoms with Gasteiger partial charge in [0.15, 0.2) is 0 Å². The molecule has 4 heteroatoms. The predicted molar refractivity (Wildman–Crippen MR) is 70.6 cm³/mol. The fourth-order valence-electron chi connectivity index (χ4n) is 1.56. The van der Waals surface area contributed by atoms with Crippen LogP contribution in [0.3, 0.4) is 0 Å². The number of nitrogens with zero attached hydrogens (tertiary/aromatic N) is 1. The Morgan fingerprint density at radius 1 is 1.28 bits per heavy atom. The smallest absolute Gasteiger partial charge is 0.124 e. The maximum Gasteiger partial charge on any atom is 0.124 e. The Bertz CT molecular complexity index is 444. The van der Waals surface area contributed by atoms with Crippen molar-refractivity contribution in [1.29, 1.82) is 5.26 Å². The third kappa shape index (κ3) is 3.64. The Hall–Kier alpha value is -1.73. The van der Waals surface area contributed by atoms with Crippen LogP contribution in [0, 0.1) is 16.7 Å². The SMILES string of the molecule is COc1cc(C#N)cc(OC(CN)C(C)(C)C)c1. The standard InChI is InChI=1S/C14H20N2O2/c1-14(2,3)13(9-16)18-12-6-10(8-15)5-11(7-12)17-4/h5-7,13H,9,16H2,1-4H3. The van der Waals surface area contributed by atoms with Crippen LogP contribution in [0.4, 0.5) is 0 Å². The molecule has 0 spiro atoms. The fraction of sp³-hybridized carbons (Fsp3) is 0.500. The van der Waals surface area contributed by atoms with Crippen molar-refractivity contribution < 1.29 is 9.47 Å². The first-order valence-electron chi connectivity index (χ1n) is 5.86. The maximum absolute atomic E-state index is 8.95. The van der Waals surface area contributed by atoms with Crippen molar-refractivity contribution in [3.63, 3.8) is 0 Å². The molecule has 0 fully saturated rings. The Morgan fingerprint density at radius 2 is 1.89 bits per heavy atom. The molecule has 0 saturated carbocycles. The zero-order valence-corrected chi connectivity index (χ0v) is 11.4. The lowest BCUT2D eigenvalue weighted by Crippen LogP contribution is -2.38. The van der Waals surface area contributed by atoms with Crippen molar-refractivity contribution in [2.24, 2.45) is 11.1 Å². The number of hydrogen-bond acceptors (Lipinski definition) is 4. The highest BCUT2D eigenvalue weighted by Gasteiger charge is 2.25. The third-order valence-electron chi connectivity index (χ3n) is 2.70. The van der Waals surface area contributed by atoms with E-state index < -0.39 is 0 Å². The number of ether oxygens (including phenoxy) is 2. The quantitative estimate of drug-likeness (QED) is 0.887. The molecule has 0 aromatic heterocycles. The summed E-state index contributed by atoms with van der Waals surface area (Å²) in [5.41, 5.74) is 6.17. The summed E-state index contributed by atoms with van der Waals surface area (Å²) in [6.07, 6.45) is -0.115. The van der Waals surface area contributed by atoms with Gasteiger partial charge in [-0.15, -0.1) is 0 Å². The second kappa shape index (κ2) is 5.74. The molecule has 0 radical (unpaired) electrons. The van der Waals surface area contributed by atoms with Gasteiger partial charge in [-0.2, -0.15) is 5.26 Å². The molecule has 1 atom stereocenters. The monoisotopic (exact) mass is 248 g/mol. The molecule has 4 nitrogen and oxygen atoms in total. The van der Waals surface area contributed by atoms with Gasteiger partial charge in [0.25, 0.3) is 0 Å². The molecule has 98 valence electrons. The minimum Gasteiger partial charge on any atom is -0.497 e. The van der Waals surface area contributed by atoms with Crippen molar-refractivity contribution in [2.75, 3.05) is 13.7 Å². The van der Waals surface area contributed by atoms with Crippen molar-refractivity contribution in [3.8, 4) is 17.6 Å². The first kappa shape index (κ1) is 14.3. The molecule has 1 rings (SSSR count). The van der Waals surface area contributed by atoms with Crippen LogP contribution in [-0.2, 0) is 0 Å². The summed E-state index contributed by atoms with van der Waals surface area (Å²) in [5.74, 6) is 1.21. The summed E-state index contributed by atoms with van der Waals surface area (Å²) in [4.78, 5) is 0. The topological polar surface area (TPSA) is 68.3 Å². The minimum atomic E-state index is -0.115. The van der Waals surface area contributed by atoms with Crippen LogP contribution in [0.1, 0.15) is 26.3 Å². The van der Waals surface area contributed by atoms with Crippen LogP contribution in [0.15, 0.2) is 18.2 Å². The molecule has 0 bridgehead atoms. The molecule has 0 amide bonds. The van der Waals surface area contributed by atoms with Crippen LogP contribution in [-0.4, -0.2) is 19.8 Å². The van der Waals surface area contributed by atoms with Crippen LogP contribution >= 0.6 is 0 Å². The number of benzene rings is 1. The van der Waals surface area contributed by atoms with E-state index in [1.807, 2.05) is 0 Å². The summed E-state index contributed by atoms with van der Waals surface area (Å²) in [7, 11) is 1.56. The first-order valence-corrected chi connectivity index (χ1v) is 5.86. The zero-order valence-electron chi connectivity index (χ0n) is 11.4. The van der Waals surface area contributed by atoms with Crippen molar-refractivity contribution >= 4 is 0 Å². The Morgan fingerprint density at radius 3 is 2.33 bits per heavy atom. The largest absolute Gasteiger partial charge is 0.497 e. The second-order valence-corrected chi connectivity index (χ2v) is 5.22. The molecular weight excluding hydrogens is 228 g/mol. The number of nitrogens with two attached hydrogens (primary N) is 1. The Labute approximate surface area is 108 Å². The molecule has 1 aromatic rings. The minimum absolute atomic E-state index is 0.0648. The lowest BCUT2D eigenvalue weighted by molar-refractivity contribution is 0.0939. The van der Waals surface area contributed by atoms with Crippen molar-refractivity contribution in [3.05, 3.63) is 23.8 Å². The van der Waals surface area contributed by atoms with E-state index in [-0.39, 0.29) is 11.5 Å². The number of rotatable bonds is 4. The van der Waals surface area contributed by atoms with Gasteiger partial charge >= 0.3 is 0 Å². The van der Waals surface area contributed by atoms with Gasteiger partial charge in [-0.25, -0.2) is 0 Å². The summed E-state index contributed by atoms with van der Waals surface area (Å²) >= 11 is 0. The molecule has 0 heterocycles. The highest BCUT2D eigenvalue weighted by Crippen LogP contribution is 2.27.